The lowest BCUT2D eigenvalue weighted by molar-refractivity contribution is -0.128. The minimum absolute atomic E-state index is 0.197. The first kappa shape index (κ1) is 16.5. The van der Waals surface area contributed by atoms with Crippen LogP contribution in [0, 0.1) is 5.92 Å². The van der Waals surface area contributed by atoms with Gasteiger partial charge in [0.05, 0.1) is 6.54 Å². The summed E-state index contributed by atoms with van der Waals surface area (Å²) in [4.78, 5) is 12.3. The van der Waals surface area contributed by atoms with E-state index in [0.717, 1.165) is 18.4 Å². The van der Waals surface area contributed by atoms with Crippen LogP contribution in [0.1, 0.15) is 25.3 Å². The molecule has 24 heavy (non-hydrogen) atoms. The Kier molecular flexibility index (Phi) is 4.86. The van der Waals surface area contributed by atoms with E-state index in [0.29, 0.717) is 5.75 Å². The van der Waals surface area contributed by atoms with Crippen molar-refractivity contribution in [3.8, 4) is 5.75 Å². The molecular formula is C20H23NO3. The molecule has 4 nitrogen and oxygen atoms in total. The molecule has 3 rings (SSSR count). The molecule has 0 spiro atoms. The Bertz CT molecular complexity index is 670. The number of rotatable bonds is 7. The standard InChI is InChI=1S/C20H23NO3/c1-15(24-18-10-6-3-7-11-18)19(22)21-14-20(23,17-12-13-17)16-8-4-2-5-9-16/h2-11,15,17,23H,12-14H2,1H3,(H,21,22)/t15-,20-/m0/s1. The van der Waals surface area contributed by atoms with Crippen LogP contribution in [0.4, 0.5) is 0 Å². The molecule has 126 valence electrons. The van der Waals surface area contributed by atoms with Crippen LogP contribution < -0.4 is 10.1 Å². The quantitative estimate of drug-likeness (QED) is 0.823. The van der Waals surface area contributed by atoms with Gasteiger partial charge in [-0.25, -0.2) is 0 Å². The Balaban J connectivity index is 1.61. The van der Waals surface area contributed by atoms with Crippen molar-refractivity contribution in [2.45, 2.75) is 31.5 Å². The average molecular weight is 325 g/mol. The molecule has 2 aromatic rings. The molecule has 1 fully saturated rings. The number of para-hydroxylation sites is 1. The first-order valence-corrected chi connectivity index (χ1v) is 8.37. The van der Waals surface area contributed by atoms with Crippen molar-refractivity contribution >= 4 is 5.91 Å². The average Bonchev–Trinajstić information content (AvgIpc) is 3.46. The summed E-state index contributed by atoms with van der Waals surface area (Å²) >= 11 is 0. The van der Waals surface area contributed by atoms with Crippen LogP contribution in [0.3, 0.4) is 0 Å². The summed E-state index contributed by atoms with van der Waals surface area (Å²) in [5, 5.41) is 13.9. The van der Waals surface area contributed by atoms with E-state index in [1.165, 1.54) is 0 Å². The Labute approximate surface area is 142 Å². The molecule has 1 aliphatic carbocycles. The first-order valence-electron chi connectivity index (χ1n) is 8.37. The van der Waals surface area contributed by atoms with Crippen LogP contribution in [0.5, 0.6) is 5.75 Å². The Morgan fingerprint density at radius 2 is 1.75 bits per heavy atom. The predicted molar refractivity (Wildman–Crippen MR) is 92.6 cm³/mol. The molecule has 2 N–H and O–H groups in total. The zero-order valence-corrected chi connectivity index (χ0v) is 13.8. The van der Waals surface area contributed by atoms with E-state index >= 15 is 0 Å². The van der Waals surface area contributed by atoms with Gasteiger partial charge >= 0.3 is 0 Å². The van der Waals surface area contributed by atoms with Gasteiger partial charge < -0.3 is 15.2 Å². The third-order valence-corrected chi connectivity index (χ3v) is 4.48. The highest BCUT2D eigenvalue weighted by Crippen LogP contribution is 2.45. The van der Waals surface area contributed by atoms with Gasteiger partial charge in [0.1, 0.15) is 11.4 Å². The maximum atomic E-state index is 12.3. The third-order valence-electron chi connectivity index (χ3n) is 4.48. The van der Waals surface area contributed by atoms with Gasteiger partial charge in [0.15, 0.2) is 6.10 Å². The van der Waals surface area contributed by atoms with Gasteiger partial charge in [-0.15, -0.1) is 0 Å². The normalized spacial score (nSPS) is 17.6. The number of nitrogens with one attached hydrogen (secondary N) is 1. The summed E-state index contributed by atoms with van der Waals surface area (Å²) < 4.78 is 5.63. The lowest BCUT2D eigenvalue weighted by Gasteiger charge is -2.29. The van der Waals surface area contributed by atoms with Crippen molar-refractivity contribution in [1.29, 1.82) is 0 Å². The van der Waals surface area contributed by atoms with Crippen molar-refractivity contribution in [2.24, 2.45) is 5.92 Å². The minimum atomic E-state index is -1.01. The highest BCUT2D eigenvalue weighted by atomic mass is 16.5. The topological polar surface area (TPSA) is 58.6 Å². The van der Waals surface area contributed by atoms with E-state index in [4.69, 9.17) is 4.74 Å². The Hall–Kier alpha value is -2.33. The number of benzene rings is 2. The number of amides is 1. The maximum absolute atomic E-state index is 12.3. The van der Waals surface area contributed by atoms with Gasteiger partial charge in [-0.2, -0.15) is 0 Å². The van der Waals surface area contributed by atoms with E-state index < -0.39 is 11.7 Å². The molecule has 0 aromatic heterocycles. The molecule has 0 heterocycles. The summed E-state index contributed by atoms with van der Waals surface area (Å²) in [7, 11) is 0. The number of aliphatic hydroxyl groups is 1. The maximum Gasteiger partial charge on any atom is 0.260 e. The molecule has 0 unspecified atom stereocenters. The van der Waals surface area contributed by atoms with E-state index in [2.05, 4.69) is 5.32 Å². The van der Waals surface area contributed by atoms with E-state index in [1.807, 2.05) is 60.7 Å². The van der Waals surface area contributed by atoms with Gasteiger partial charge in [0, 0.05) is 0 Å². The molecule has 4 heteroatoms. The number of carbonyl (C=O) groups excluding carboxylic acids is 1. The lowest BCUT2D eigenvalue weighted by Crippen LogP contribution is -2.46. The number of hydrogen-bond donors (Lipinski definition) is 2. The van der Waals surface area contributed by atoms with Crippen LogP contribution in [0.2, 0.25) is 0 Å². The smallest absolute Gasteiger partial charge is 0.260 e. The van der Waals surface area contributed by atoms with Crippen molar-refractivity contribution in [3.63, 3.8) is 0 Å². The van der Waals surface area contributed by atoms with Crippen LogP contribution in [-0.4, -0.2) is 23.7 Å². The van der Waals surface area contributed by atoms with E-state index in [1.54, 1.807) is 6.92 Å². The predicted octanol–water partition coefficient (Wildman–Crippen LogP) is 2.87. The largest absolute Gasteiger partial charge is 0.481 e. The SMILES string of the molecule is C[C@H](Oc1ccccc1)C(=O)NC[C@](O)(c1ccccc1)C1CC1. The fourth-order valence-electron chi connectivity index (χ4n) is 2.89. The number of ether oxygens (including phenoxy) is 1. The Morgan fingerprint density at radius 1 is 1.17 bits per heavy atom. The van der Waals surface area contributed by atoms with Crippen molar-refractivity contribution in [2.75, 3.05) is 6.54 Å². The zero-order chi connectivity index (χ0) is 17.0. The molecule has 2 atom stereocenters. The number of hydrogen-bond acceptors (Lipinski definition) is 3. The van der Waals surface area contributed by atoms with Crippen LogP contribution in [0.15, 0.2) is 60.7 Å². The Morgan fingerprint density at radius 3 is 2.33 bits per heavy atom. The van der Waals surface area contributed by atoms with Crippen LogP contribution in [0.25, 0.3) is 0 Å². The highest BCUT2D eigenvalue weighted by Gasteiger charge is 2.45. The van der Waals surface area contributed by atoms with Gasteiger partial charge in [0.25, 0.3) is 5.91 Å². The van der Waals surface area contributed by atoms with E-state index in [9.17, 15) is 9.90 Å². The summed E-state index contributed by atoms with van der Waals surface area (Å²) in [5.41, 5.74) is -0.159. The number of carbonyl (C=O) groups is 1. The third kappa shape index (κ3) is 3.77. The second-order valence-electron chi connectivity index (χ2n) is 6.36. The van der Waals surface area contributed by atoms with Gasteiger partial charge in [-0.3, -0.25) is 4.79 Å². The van der Waals surface area contributed by atoms with Crippen LogP contribution >= 0.6 is 0 Å². The molecule has 0 aliphatic heterocycles. The van der Waals surface area contributed by atoms with Gasteiger partial charge in [-0.1, -0.05) is 48.5 Å². The second kappa shape index (κ2) is 7.05. The first-order chi connectivity index (χ1) is 11.6. The van der Waals surface area contributed by atoms with Gasteiger partial charge in [-0.05, 0) is 43.4 Å². The molecule has 1 aliphatic rings. The van der Waals surface area contributed by atoms with Crippen molar-refractivity contribution in [1.82, 2.24) is 5.32 Å². The van der Waals surface area contributed by atoms with Gasteiger partial charge in [0.2, 0.25) is 0 Å². The molecule has 0 bridgehead atoms. The van der Waals surface area contributed by atoms with E-state index in [-0.39, 0.29) is 18.4 Å². The monoisotopic (exact) mass is 325 g/mol. The molecule has 0 saturated heterocycles. The van der Waals surface area contributed by atoms with Crippen molar-refractivity contribution in [3.05, 3.63) is 66.2 Å². The molecule has 2 aromatic carbocycles. The van der Waals surface area contributed by atoms with Crippen molar-refractivity contribution < 1.29 is 14.6 Å². The highest BCUT2D eigenvalue weighted by molar-refractivity contribution is 5.80. The minimum Gasteiger partial charge on any atom is -0.481 e. The summed E-state index contributed by atoms with van der Waals surface area (Å²) in [6, 6.07) is 18.8. The summed E-state index contributed by atoms with van der Waals surface area (Å²) in [6.45, 7) is 1.91. The fraction of sp³-hybridized carbons (Fsp3) is 0.350. The second-order valence-corrected chi connectivity index (χ2v) is 6.36. The summed E-state index contributed by atoms with van der Waals surface area (Å²) in [6.07, 6.45) is 1.35. The van der Waals surface area contributed by atoms with Crippen LogP contribution in [-0.2, 0) is 10.4 Å². The zero-order valence-electron chi connectivity index (χ0n) is 13.8. The summed E-state index contributed by atoms with van der Waals surface area (Å²) in [5.74, 6) is 0.625. The molecular weight excluding hydrogens is 302 g/mol. The molecule has 0 radical (unpaired) electrons. The lowest BCUT2D eigenvalue weighted by atomic mass is 9.88. The molecule has 1 amide bonds. The molecule has 1 saturated carbocycles. The fourth-order valence-corrected chi connectivity index (χ4v) is 2.89.